The molecule has 6 heteroatoms. The third kappa shape index (κ3) is 4.09. The second kappa shape index (κ2) is 8.67. The smallest absolute Gasteiger partial charge is 0.227 e. The number of fused-ring (bicyclic) bond motifs is 1. The van der Waals surface area contributed by atoms with E-state index in [0.29, 0.717) is 18.5 Å². The molecule has 0 N–H and O–H groups in total. The minimum atomic E-state index is 0.195. The van der Waals surface area contributed by atoms with E-state index in [-0.39, 0.29) is 5.91 Å². The van der Waals surface area contributed by atoms with Gasteiger partial charge in [-0.05, 0) is 32.4 Å². The number of hydrogen-bond acceptors (Lipinski definition) is 4. The Hall–Kier alpha value is -2.18. The number of ether oxygens (including phenoxy) is 1. The summed E-state index contributed by atoms with van der Waals surface area (Å²) in [5, 5.41) is 4.69. The molecule has 3 heterocycles. The summed E-state index contributed by atoms with van der Waals surface area (Å²) in [6.45, 7) is 10.4. The summed E-state index contributed by atoms with van der Waals surface area (Å²) >= 11 is 0. The van der Waals surface area contributed by atoms with Gasteiger partial charge in [0.1, 0.15) is 0 Å². The van der Waals surface area contributed by atoms with Crippen LogP contribution in [0.1, 0.15) is 36.7 Å². The second-order valence-corrected chi connectivity index (χ2v) is 8.28. The Labute approximate surface area is 173 Å². The highest BCUT2D eigenvalue weighted by molar-refractivity contribution is 5.79. The maximum atomic E-state index is 13.1. The molecule has 0 aliphatic carbocycles. The van der Waals surface area contributed by atoms with Gasteiger partial charge in [0.25, 0.3) is 0 Å². The molecule has 6 nitrogen and oxygen atoms in total. The van der Waals surface area contributed by atoms with Gasteiger partial charge in [0, 0.05) is 36.9 Å². The predicted octanol–water partition coefficient (Wildman–Crippen LogP) is 2.74. The summed E-state index contributed by atoms with van der Waals surface area (Å²) in [6.07, 6.45) is 2.75. The van der Waals surface area contributed by atoms with Crippen molar-refractivity contribution in [3.63, 3.8) is 0 Å². The van der Waals surface area contributed by atoms with E-state index in [1.165, 1.54) is 12.8 Å². The van der Waals surface area contributed by atoms with Crippen LogP contribution < -0.4 is 0 Å². The zero-order valence-corrected chi connectivity index (χ0v) is 17.8. The zero-order valence-electron chi connectivity index (χ0n) is 17.8. The highest BCUT2D eigenvalue weighted by atomic mass is 16.5. The Morgan fingerprint density at radius 1 is 1.17 bits per heavy atom. The monoisotopic (exact) mass is 396 g/mol. The van der Waals surface area contributed by atoms with Crippen LogP contribution in [-0.4, -0.2) is 70.4 Å². The van der Waals surface area contributed by atoms with Crippen molar-refractivity contribution in [2.24, 2.45) is 0 Å². The van der Waals surface area contributed by atoms with Crippen molar-refractivity contribution in [2.45, 2.75) is 52.1 Å². The van der Waals surface area contributed by atoms with Crippen LogP contribution in [0.5, 0.6) is 0 Å². The lowest BCUT2D eigenvalue weighted by Gasteiger charge is -2.48. The molecule has 1 amide bonds. The van der Waals surface area contributed by atoms with E-state index < -0.39 is 0 Å². The first-order valence-electron chi connectivity index (χ1n) is 10.8. The van der Waals surface area contributed by atoms with Crippen molar-refractivity contribution >= 4 is 5.91 Å². The highest BCUT2D eigenvalue weighted by Crippen LogP contribution is 2.23. The summed E-state index contributed by atoms with van der Waals surface area (Å²) in [6, 6.07) is 10.9. The van der Waals surface area contributed by atoms with Gasteiger partial charge >= 0.3 is 0 Å². The van der Waals surface area contributed by atoms with Gasteiger partial charge in [-0.25, -0.2) is 4.68 Å². The van der Waals surface area contributed by atoms with Gasteiger partial charge in [0.05, 0.1) is 37.1 Å². The molecule has 29 heavy (non-hydrogen) atoms. The van der Waals surface area contributed by atoms with Crippen LogP contribution in [0.2, 0.25) is 0 Å². The van der Waals surface area contributed by atoms with Crippen molar-refractivity contribution in [1.29, 1.82) is 0 Å². The van der Waals surface area contributed by atoms with E-state index in [2.05, 4.69) is 18.7 Å². The largest absolute Gasteiger partial charge is 0.378 e. The molecule has 2 saturated heterocycles. The molecule has 2 aromatic rings. The van der Waals surface area contributed by atoms with E-state index in [4.69, 9.17) is 9.84 Å². The van der Waals surface area contributed by atoms with E-state index in [1.807, 2.05) is 46.8 Å². The van der Waals surface area contributed by atoms with Crippen molar-refractivity contribution in [3.8, 4) is 5.69 Å². The van der Waals surface area contributed by atoms with Crippen molar-refractivity contribution < 1.29 is 9.53 Å². The number of aromatic nitrogens is 2. The number of carbonyl (C=O) groups excluding carboxylic acids is 1. The first-order valence-corrected chi connectivity index (χ1v) is 10.8. The predicted molar refractivity (Wildman–Crippen MR) is 113 cm³/mol. The first-order chi connectivity index (χ1) is 14.1. The average molecular weight is 397 g/mol. The number of hydrogen-bond donors (Lipinski definition) is 0. The molecule has 1 aromatic heterocycles. The van der Waals surface area contributed by atoms with E-state index >= 15 is 0 Å². The third-order valence-corrected chi connectivity index (χ3v) is 6.36. The standard InChI is InChI=1S/C23H32N4O2/c1-4-8-20-15-29-16-21-14-25(11-12-26(20)21)23(28)13-22-17(2)24-27(18(22)3)19-9-6-5-7-10-19/h5-7,9-10,20-21H,4,8,11-16H2,1-3H3/t20-,21+/m0/s1. The average Bonchev–Trinajstić information content (AvgIpc) is 3.02. The summed E-state index contributed by atoms with van der Waals surface area (Å²) in [4.78, 5) is 17.7. The van der Waals surface area contributed by atoms with E-state index in [9.17, 15) is 4.79 Å². The molecule has 2 aliphatic rings. The number of para-hydroxylation sites is 1. The molecule has 0 spiro atoms. The van der Waals surface area contributed by atoms with Crippen LogP contribution >= 0.6 is 0 Å². The lowest BCUT2D eigenvalue weighted by atomic mass is 10.0. The van der Waals surface area contributed by atoms with E-state index in [0.717, 1.165) is 55.5 Å². The van der Waals surface area contributed by atoms with Crippen LogP contribution in [0.15, 0.2) is 30.3 Å². The maximum Gasteiger partial charge on any atom is 0.227 e. The maximum absolute atomic E-state index is 13.1. The molecule has 2 aliphatic heterocycles. The van der Waals surface area contributed by atoms with Gasteiger partial charge in [0.2, 0.25) is 5.91 Å². The molecule has 1 aromatic carbocycles. The van der Waals surface area contributed by atoms with Gasteiger partial charge < -0.3 is 9.64 Å². The molecule has 0 saturated carbocycles. The van der Waals surface area contributed by atoms with E-state index in [1.54, 1.807) is 0 Å². The highest BCUT2D eigenvalue weighted by Gasteiger charge is 2.36. The second-order valence-electron chi connectivity index (χ2n) is 8.28. The lowest BCUT2D eigenvalue weighted by molar-refractivity contribution is -0.139. The van der Waals surface area contributed by atoms with Crippen molar-refractivity contribution in [1.82, 2.24) is 19.6 Å². The topological polar surface area (TPSA) is 50.6 Å². The number of aryl methyl sites for hydroxylation is 1. The SMILES string of the molecule is CCC[C@H]1COC[C@H]2CN(C(=O)Cc3c(C)nn(-c4ccccc4)c3C)CCN12. The van der Waals surface area contributed by atoms with Crippen LogP contribution in [0.25, 0.3) is 5.69 Å². The number of carbonyl (C=O) groups is 1. The number of morpholine rings is 1. The summed E-state index contributed by atoms with van der Waals surface area (Å²) < 4.78 is 7.79. The Kier molecular flexibility index (Phi) is 6.01. The van der Waals surface area contributed by atoms with Gasteiger partial charge in [0.15, 0.2) is 0 Å². The summed E-state index contributed by atoms with van der Waals surface area (Å²) in [7, 11) is 0. The zero-order chi connectivity index (χ0) is 20.4. The molecule has 2 fully saturated rings. The first kappa shape index (κ1) is 20.1. The van der Waals surface area contributed by atoms with Crippen molar-refractivity contribution in [3.05, 3.63) is 47.3 Å². The van der Waals surface area contributed by atoms with Crippen LogP contribution in [0, 0.1) is 13.8 Å². The third-order valence-electron chi connectivity index (χ3n) is 6.36. The molecule has 0 bridgehead atoms. The summed E-state index contributed by atoms with van der Waals surface area (Å²) in [5.41, 5.74) is 4.05. The van der Waals surface area contributed by atoms with Crippen LogP contribution in [0.3, 0.4) is 0 Å². The van der Waals surface area contributed by atoms with Gasteiger partial charge in [-0.3, -0.25) is 9.69 Å². The Morgan fingerprint density at radius 2 is 1.97 bits per heavy atom. The number of piperazine rings is 1. The van der Waals surface area contributed by atoms with Gasteiger partial charge in [-0.15, -0.1) is 0 Å². The minimum absolute atomic E-state index is 0.195. The van der Waals surface area contributed by atoms with Gasteiger partial charge in [-0.1, -0.05) is 31.5 Å². The Bertz CT molecular complexity index is 846. The number of amides is 1. The minimum Gasteiger partial charge on any atom is -0.378 e. The normalized spacial score (nSPS) is 22.5. The molecular formula is C23H32N4O2. The molecule has 4 rings (SSSR count). The number of nitrogens with zero attached hydrogens (tertiary/aromatic N) is 4. The fourth-order valence-electron chi connectivity index (χ4n) is 4.76. The number of rotatable bonds is 5. The molecule has 0 radical (unpaired) electrons. The molecule has 2 atom stereocenters. The fraction of sp³-hybridized carbons (Fsp3) is 0.565. The Morgan fingerprint density at radius 3 is 2.72 bits per heavy atom. The number of benzene rings is 1. The fourth-order valence-corrected chi connectivity index (χ4v) is 4.76. The van der Waals surface area contributed by atoms with Gasteiger partial charge in [-0.2, -0.15) is 5.10 Å². The Balaban J connectivity index is 1.45. The molecular weight excluding hydrogens is 364 g/mol. The summed E-state index contributed by atoms with van der Waals surface area (Å²) in [5.74, 6) is 0.195. The van der Waals surface area contributed by atoms with Crippen LogP contribution in [-0.2, 0) is 16.0 Å². The van der Waals surface area contributed by atoms with Crippen molar-refractivity contribution in [2.75, 3.05) is 32.8 Å². The molecule has 156 valence electrons. The quantitative estimate of drug-likeness (QED) is 0.780. The van der Waals surface area contributed by atoms with Crippen LogP contribution in [0.4, 0.5) is 0 Å². The molecule has 0 unspecified atom stereocenters. The lowest BCUT2D eigenvalue weighted by Crippen LogP contribution is -2.62.